The Hall–Kier alpha value is -1.51. The van der Waals surface area contributed by atoms with Crippen LogP contribution >= 0.6 is 0 Å². The van der Waals surface area contributed by atoms with Crippen molar-refractivity contribution in [3.63, 3.8) is 0 Å². The van der Waals surface area contributed by atoms with E-state index in [2.05, 4.69) is 11.9 Å². The van der Waals surface area contributed by atoms with E-state index < -0.39 is 0 Å². The molecule has 0 aromatic heterocycles. The fourth-order valence-electron chi connectivity index (χ4n) is 2.74. The normalized spacial score (nSPS) is 18.6. The topological polar surface area (TPSA) is 41.8 Å². The van der Waals surface area contributed by atoms with Gasteiger partial charge >= 0.3 is 0 Å². The predicted octanol–water partition coefficient (Wildman–Crippen LogP) is 3.79. The first-order chi connectivity index (χ1) is 9.22. The van der Waals surface area contributed by atoms with E-state index in [9.17, 15) is 5.11 Å². The molecule has 0 aliphatic heterocycles. The number of phenolic OH excluding ortho intramolecular Hbond substituents is 1. The zero-order valence-corrected chi connectivity index (χ0v) is 11.8. The lowest BCUT2D eigenvalue weighted by Crippen LogP contribution is -2.18. The Labute approximate surface area is 115 Å². The van der Waals surface area contributed by atoms with Gasteiger partial charge in [-0.1, -0.05) is 25.3 Å². The molecule has 1 aliphatic rings. The second-order valence-corrected chi connectivity index (χ2v) is 5.31. The SMILES string of the molecule is COc1cccc(C=N[C@@H](C)C2CCCCC2)c1O. The van der Waals surface area contributed by atoms with Crippen molar-refractivity contribution in [1.29, 1.82) is 0 Å². The van der Waals surface area contributed by atoms with E-state index in [1.54, 1.807) is 19.4 Å². The van der Waals surface area contributed by atoms with Crippen LogP contribution in [0.25, 0.3) is 0 Å². The number of nitrogens with zero attached hydrogens (tertiary/aromatic N) is 1. The van der Waals surface area contributed by atoms with Crippen LogP contribution in [0.15, 0.2) is 23.2 Å². The van der Waals surface area contributed by atoms with Gasteiger partial charge in [-0.15, -0.1) is 0 Å². The summed E-state index contributed by atoms with van der Waals surface area (Å²) >= 11 is 0. The molecule has 0 bridgehead atoms. The third kappa shape index (κ3) is 3.49. The van der Waals surface area contributed by atoms with Gasteiger partial charge in [0.2, 0.25) is 0 Å². The van der Waals surface area contributed by atoms with E-state index in [1.165, 1.54) is 32.1 Å². The summed E-state index contributed by atoms with van der Waals surface area (Å²) in [6.07, 6.45) is 8.36. The van der Waals surface area contributed by atoms with Gasteiger partial charge in [0.15, 0.2) is 11.5 Å². The van der Waals surface area contributed by atoms with Crippen molar-refractivity contribution in [3.8, 4) is 11.5 Å². The minimum Gasteiger partial charge on any atom is -0.504 e. The number of benzene rings is 1. The van der Waals surface area contributed by atoms with E-state index in [0.29, 0.717) is 17.7 Å². The van der Waals surface area contributed by atoms with Gasteiger partial charge in [-0.3, -0.25) is 4.99 Å². The minimum atomic E-state index is 0.171. The molecule has 3 nitrogen and oxygen atoms in total. The van der Waals surface area contributed by atoms with Gasteiger partial charge in [-0.05, 0) is 37.8 Å². The molecule has 1 aliphatic carbocycles. The number of rotatable bonds is 4. The standard InChI is InChI=1S/C16H23NO2/c1-12(13-7-4-3-5-8-13)17-11-14-9-6-10-15(19-2)16(14)18/h6,9-13,18H,3-5,7-8H2,1-2H3/t12-/m0/s1. The molecule has 1 N–H and O–H groups in total. The van der Waals surface area contributed by atoms with Gasteiger partial charge < -0.3 is 9.84 Å². The molecule has 0 amide bonds. The fourth-order valence-corrected chi connectivity index (χ4v) is 2.74. The molecule has 0 spiro atoms. The second kappa shape index (κ2) is 6.60. The van der Waals surface area contributed by atoms with Crippen LogP contribution in [0.3, 0.4) is 0 Å². The molecule has 1 fully saturated rings. The van der Waals surface area contributed by atoms with E-state index >= 15 is 0 Å². The maximum atomic E-state index is 10.00. The molecule has 0 radical (unpaired) electrons. The average molecular weight is 261 g/mol. The minimum absolute atomic E-state index is 0.171. The first-order valence-electron chi connectivity index (χ1n) is 7.11. The molecule has 2 rings (SSSR count). The number of hydrogen-bond acceptors (Lipinski definition) is 3. The Kier molecular flexibility index (Phi) is 4.83. The Morgan fingerprint density at radius 3 is 2.74 bits per heavy atom. The largest absolute Gasteiger partial charge is 0.504 e. The lowest BCUT2D eigenvalue weighted by atomic mass is 9.85. The number of methoxy groups -OCH3 is 1. The van der Waals surface area contributed by atoms with E-state index in [1.807, 2.05) is 12.1 Å². The maximum absolute atomic E-state index is 10.00. The molecule has 1 atom stereocenters. The molecule has 19 heavy (non-hydrogen) atoms. The Balaban J connectivity index is 2.05. The summed E-state index contributed by atoms with van der Waals surface area (Å²) in [5.74, 6) is 1.36. The summed E-state index contributed by atoms with van der Waals surface area (Å²) in [5, 5.41) is 10.00. The maximum Gasteiger partial charge on any atom is 0.166 e. The number of para-hydroxylation sites is 1. The third-order valence-corrected chi connectivity index (χ3v) is 4.03. The lowest BCUT2D eigenvalue weighted by molar-refractivity contribution is 0.318. The average Bonchev–Trinajstić information content (AvgIpc) is 2.47. The number of phenols is 1. The molecule has 0 saturated heterocycles. The third-order valence-electron chi connectivity index (χ3n) is 4.03. The van der Waals surface area contributed by atoms with E-state index in [-0.39, 0.29) is 5.75 Å². The second-order valence-electron chi connectivity index (χ2n) is 5.31. The lowest BCUT2D eigenvalue weighted by Gasteiger charge is -2.24. The van der Waals surface area contributed by atoms with Gasteiger partial charge in [0, 0.05) is 17.8 Å². The predicted molar refractivity (Wildman–Crippen MR) is 78.3 cm³/mol. The highest BCUT2D eigenvalue weighted by Crippen LogP contribution is 2.30. The molecular formula is C16H23NO2. The summed E-state index contributed by atoms with van der Waals surface area (Å²) < 4.78 is 5.10. The van der Waals surface area contributed by atoms with Gasteiger partial charge in [0.1, 0.15) is 0 Å². The van der Waals surface area contributed by atoms with Crippen LogP contribution < -0.4 is 4.74 Å². The van der Waals surface area contributed by atoms with Crippen LogP contribution in [0, 0.1) is 5.92 Å². The highest BCUT2D eigenvalue weighted by Gasteiger charge is 2.19. The van der Waals surface area contributed by atoms with Crippen molar-refractivity contribution in [1.82, 2.24) is 0 Å². The van der Waals surface area contributed by atoms with Crippen molar-refractivity contribution in [3.05, 3.63) is 23.8 Å². The van der Waals surface area contributed by atoms with Crippen LogP contribution in [-0.4, -0.2) is 24.5 Å². The Morgan fingerprint density at radius 1 is 1.32 bits per heavy atom. The quantitative estimate of drug-likeness (QED) is 0.838. The van der Waals surface area contributed by atoms with Gasteiger partial charge in [0.05, 0.1) is 7.11 Å². The van der Waals surface area contributed by atoms with Gasteiger partial charge in [-0.25, -0.2) is 0 Å². The number of aliphatic imine (C=N–C) groups is 1. The molecule has 0 unspecified atom stereocenters. The molecule has 3 heteroatoms. The highest BCUT2D eigenvalue weighted by molar-refractivity contribution is 5.84. The first kappa shape index (κ1) is 13.9. The number of aromatic hydroxyl groups is 1. The summed E-state index contributed by atoms with van der Waals surface area (Å²) in [4.78, 5) is 4.61. The summed E-state index contributed by atoms with van der Waals surface area (Å²) in [7, 11) is 1.56. The molecule has 104 valence electrons. The zero-order valence-electron chi connectivity index (χ0n) is 11.8. The van der Waals surface area contributed by atoms with Crippen LogP contribution in [0.1, 0.15) is 44.6 Å². The van der Waals surface area contributed by atoms with Crippen LogP contribution in [0.4, 0.5) is 0 Å². The van der Waals surface area contributed by atoms with Crippen molar-refractivity contribution in [2.24, 2.45) is 10.9 Å². The smallest absolute Gasteiger partial charge is 0.166 e. The fraction of sp³-hybridized carbons (Fsp3) is 0.562. The van der Waals surface area contributed by atoms with Crippen LogP contribution in [-0.2, 0) is 0 Å². The van der Waals surface area contributed by atoms with Crippen molar-refractivity contribution >= 4 is 6.21 Å². The summed E-state index contributed by atoms with van der Waals surface area (Å²) in [5.41, 5.74) is 0.724. The summed E-state index contributed by atoms with van der Waals surface area (Å²) in [6, 6.07) is 5.79. The molecular weight excluding hydrogens is 238 g/mol. The van der Waals surface area contributed by atoms with Gasteiger partial charge in [0.25, 0.3) is 0 Å². The van der Waals surface area contributed by atoms with Crippen LogP contribution in [0.5, 0.6) is 11.5 Å². The van der Waals surface area contributed by atoms with Gasteiger partial charge in [-0.2, -0.15) is 0 Å². The molecule has 1 saturated carbocycles. The Morgan fingerprint density at radius 2 is 2.05 bits per heavy atom. The molecule has 0 heterocycles. The first-order valence-corrected chi connectivity index (χ1v) is 7.11. The van der Waals surface area contributed by atoms with E-state index in [0.717, 1.165) is 5.56 Å². The number of hydrogen-bond donors (Lipinski definition) is 1. The molecule has 1 aromatic carbocycles. The van der Waals surface area contributed by atoms with Crippen molar-refractivity contribution in [2.75, 3.05) is 7.11 Å². The zero-order chi connectivity index (χ0) is 13.7. The summed E-state index contributed by atoms with van der Waals surface area (Å²) in [6.45, 7) is 2.17. The highest BCUT2D eigenvalue weighted by atomic mass is 16.5. The number of ether oxygens (including phenoxy) is 1. The Bertz CT molecular complexity index is 436. The van der Waals surface area contributed by atoms with Crippen molar-refractivity contribution in [2.45, 2.75) is 45.1 Å². The van der Waals surface area contributed by atoms with E-state index in [4.69, 9.17) is 4.74 Å². The van der Waals surface area contributed by atoms with Crippen LogP contribution in [0.2, 0.25) is 0 Å². The molecule has 1 aromatic rings. The van der Waals surface area contributed by atoms with Crippen molar-refractivity contribution < 1.29 is 9.84 Å². The monoisotopic (exact) mass is 261 g/mol.